The molecule has 9 heteroatoms. The number of halogens is 1. The zero-order valence-corrected chi connectivity index (χ0v) is 19.2. The van der Waals surface area contributed by atoms with Crippen LogP contribution < -0.4 is 14.4 Å². The second-order valence-electron chi connectivity index (χ2n) is 7.63. The Kier molecular flexibility index (Phi) is 6.75. The Morgan fingerprint density at radius 1 is 0.971 bits per heavy atom. The summed E-state index contributed by atoms with van der Waals surface area (Å²) in [6.07, 6.45) is 0. The van der Waals surface area contributed by atoms with Crippen LogP contribution in [-0.4, -0.2) is 41.6 Å². The molecule has 2 N–H and O–H groups in total. The molecule has 0 radical (unpaired) electrons. The molecule has 1 atom stereocenters. The lowest BCUT2D eigenvalue weighted by atomic mass is 9.95. The van der Waals surface area contributed by atoms with Gasteiger partial charge in [0.25, 0.3) is 11.7 Å². The number of carbonyl (C=O) groups is 3. The molecule has 1 aliphatic rings. The first-order valence-corrected chi connectivity index (χ1v) is 10.8. The standard InChI is InChI=1S/C26H20ClNO7/c1-34-20-4-2-3-16(13-20)23-22(24(31)15-5-7-17(27)8-6-15)25(32)26(33)28(23)18-9-11-19(12-10-18)35-14-21(29)30/h2-13,23,31H,14H2,1H3,(H,29,30)/t23-/m1/s1. The third-order valence-corrected chi connectivity index (χ3v) is 5.70. The first-order chi connectivity index (χ1) is 16.8. The Hall–Kier alpha value is -4.30. The number of amides is 1. The van der Waals surface area contributed by atoms with Crippen LogP contribution in [-0.2, 0) is 14.4 Å². The number of carbonyl (C=O) groups excluding carboxylic acids is 2. The number of aliphatic hydroxyl groups excluding tert-OH is 1. The van der Waals surface area contributed by atoms with Crippen LogP contribution >= 0.6 is 11.6 Å². The summed E-state index contributed by atoms with van der Waals surface area (Å²) in [6, 6.07) is 18.2. The molecule has 8 nitrogen and oxygen atoms in total. The van der Waals surface area contributed by atoms with Crippen molar-refractivity contribution in [3.63, 3.8) is 0 Å². The summed E-state index contributed by atoms with van der Waals surface area (Å²) in [6.45, 7) is -0.519. The van der Waals surface area contributed by atoms with Crippen molar-refractivity contribution in [2.75, 3.05) is 18.6 Å². The second kappa shape index (κ2) is 9.90. The highest BCUT2D eigenvalue weighted by Crippen LogP contribution is 2.43. The molecule has 3 aromatic rings. The molecule has 1 saturated heterocycles. The van der Waals surface area contributed by atoms with E-state index in [1.807, 2.05) is 0 Å². The van der Waals surface area contributed by atoms with E-state index in [0.29, 0.717) is 27.6 Å². The molecule has 0 saturated carbocycles. The Morgan fingerprint density at radius 2 is 1.66 bits per heavy atom. The number of hydrogen-bond donors (Lipinski definition) is 2. The fourth-order valence-electron chi connectivity index (χ4n) is 3.84. The number of aliphatic carboxylic acids is 1. The Morgan fingerprint density at radius 3 is 2.29 bits per heavy atom. The van der Waals surface area contributed by atoms with Crippen molar-refractivity contribution in [3.05, 3.63) is 94.5 Å². The molecule has 0 bridgehead atoms. The summed E-state index contributed by atoms with van der Waals surface area (Å²) in [5.41, 5.74) is 1.15. The molecule has 0 aromatic heterocycles. The minimum atomic E-state index is -1.13. The van der Waals surface area contributed by atoms with Gasteiger partial charge in [-0.05, 0) is 66.2 Å². The first kappa shape index (κ1) is 23.8. The van der Waals surface area contributed by atoms with Crippen LogP contribution in [0.15, 0.2) is 78.4 Å². The van der Waals surface area contributed by atoms with Gasteiger partial charge in [0.2, 0.25) is 0 Å². The lowest BCUT2D eigenvalue weighted by molar-refractivity contribution is -0.139. The van der Waals surface area contributed by atoms with Crippen molar-refractivity contribution in [1.29, 1.82) is 0 Å². The van der Waals surface area contributed by atoms with Crippen molar-refractivity contribution in [2.24, 2.45) is 0 Å². The zero-order chi connectivity index (χ0) is 25.1. The van der Waals surface area contributed by atoms with Gasteiger partial charge in [-0.2, -0.15) is 0 Å². The van der Waals surface area contributed by atoms with Gasteiger partial charge < -0.3 is 19.7 Å². The Bertz CT molecular complexity index is 1320. The van der Waals surface area contributed by atoms with Crippen LogP contribution in [0.2, 0.25) is 5.02 Å². The van der Waals surface area contributed by atoms with E-state index in [4.69, 9.17) is 26.2 Å². The number of ketones is 1. The van der Waals surface area contributed by atoms with Crippen LogP contribution in [0.5, 0.6) is 11.5 Å². The highest BCUT2D eigenvalue weighted by molar-refractivity contribution is 6.51. The number of hydrogen-bond acceptors (Lipinski definition) is 6. The fourth-order valence-corrected chi connectivity index (χ4v) is 3.96. The van der Waals surface area contributed by atoms with E-state index in [1.165, 1.54) is 36.3 Å². The van der Waals surface area contributed by atoms with Gasteiger partial charge in [0.1, 0.15) is 17.3 Å². The van der Waals surface area contributed by atoms with Gasteiger partial charge in [-0.25, -0.2) is 4.79 Å². The number of rotatable bonds is 7. The van der Waals surface area contributed by atoms with Crippen molar-refractivity contribution in [3.8, 4) is 11.5 Å². The predicted octanol–water partition coefficient (Wildman–Crippen LogP) is 4.44. The zero-order valence-electron chi connectivity index (χ0n) is 18.5. The second-order valence-corrected chi connectivity index (χ2v) is 8.07. The number of aliphatic hydroxyl groups is 1. The lowest BCUT2D eigenvalue weighted by Gasteiger charge is -2.26. The van der Waals surface area contributed by atoms with Gasteiger partial charge in [0, 0.05) is 16.3 Å². The molecule has 1 fully saturated rings. The summed E-state index contributed by atoms with van der Waals surface area (Å²) in [7, 11) is 1.50. The van der Waals surface area contributed by atoms with Gasteiger partial charge in [0.05, 0.1) is 18.7 Å². The topological polar surface area (TPSA) is 113 Å². The number of carboxylic acid groups (broad SMARTS) is 1. The van der Waals surface area contributed by atoms with E-state index in [9.17, 15) is 19.5 Å². The third kappa shape index (κ3) is 4.83. The highest BCUT2D eigenvalue weighted by atomic mass is 35.5. The van der Waals surface area contributed by atoms with Crippen LogP contribution in [0, 0.1) is 0 Å². The monoisotopic (exact) mass is 493 g/mol. The maximum atomic E-state index is 13.2. The van der Waals surface area contributed by atoms with Crippen LogP contribution in [0.1, 0.15) is 17.2 Å². The summed E-state index contributed by atoms with van der Waals surface area (Å²) >= 11 is 5.96. The average molecular weight is 494 g/mol. The molecule has 3 aromatic carbocycles. The number of anilines is 1. The summed E-state index contributed by atoms with van der Waals surface area (Å²) < 4.78 is 10.5. The molecule has 0 spiro atoms. The molecule has 0 aliphatic carbocycles. The third-order valence-electron chi connectivity index (χ3n) is 5.45. The molecular weight excluding hydrogens is 474 g/mol. The molecular formula is C26H20ClNO7. The van der Waals surface area contributed by atoms with E-state index >= 15 is 0 Å². The number of nitrogens with zero attached hydrogens (tertiary/aromatic N) is 1. The predicted molar refractivity (Wildman–Crippen MR) is 129 cm³/mol. The maximum absolute atomic E-state index is 13.2. The van der Waals surface area contributed by atoms with Gasteiger partial charge in [-0.3, -0.25) is 14.5 Å². The van der Waals surface area contributed by atoms with E-state index in [-0.39, 0.29) is 17.1 Å². The first-order valence-electron chi connectivity index (χ1n) is 10.5. The number of carboxylic acids is 1. The van der Waals surface area contributed by atoms with Gasteiger partial charge in [0.15, 0.2) is 6.61 Å². The average Bonchev–Trinajstić information content (AvgIpc) is 3.13. The quantitative estimate of drug-likeness (QED) is 0.284. The van der Waals surface area contributed by atoms with Crippen LogP contribution in [0.25, 0.3) is 5.76 Å². The fraction of sp³-hybridized carbons (Fsp3) is 0.115. The van der Waals surface area contributed by atoms with E-state index in [0.717, 1.165) is 0 Å². The van der Waals surface area contributed by atoms with Crippen molar-refractivity contribution < 1.29 is 34.1 Å². The van der Waals surface area contributed by atoms with Crippen molar-refractivity contribution in [1.82, 2.24) is 0 Å². The largest absolute Gasteiger partial charge is 0.507 e. The van der Waals surface area contributed by atoms with E-state index < -0.39 is 30.3 Å². The van der Waals surface area contributed by atoms with E-state index in [1.54, 1.807) is 48.5 Å². The number of Topliss-reactive ketones (excluding diaryl/α,β-unsaturated/α-hetero) is 1. The lowest BCUT2D eigenvalue weighted by Crippen LogP contribution is -2.29. The number of benzene rings is 3. The number of methoxy groups -OCH3 is 1. The molecule has 1 amide bonds. The van der Waals surface area contributed by atoms with E-state index in [2.05, 4.69) is 0 Å². The summed E-state index contributed by atoms with van der Waals surface area (Å²) in [5.74, 6) is -2.34. The molecule has 178 valence electrons. The SMILES string of the molecule is COc1cccc([C@@H]2C(=C(O)c3ccc(Cl)cc3)C(=O)C(=O)N2c2ccc(OCC(=O)O)cc2)c1. The van der Waals surface area contributed by atoms with Gasteiger partial charge in [-0.1, -0.05) is 23.7 Å². The van der Waals surface area contributed by atoms with Crippen molar-refractivity contribution >= 4 is 40.7 Å². The van der Waals surface area contributed by atoms with Gasteiger partial charge >= 0.3 is 5.97 Å². The molecule has 1 heterocycles. The number of ether oxygens (including phenoxy) is 2. The Balaban J connectivity index is 1.84. The highest BCUT2D eigenvalue weighted by Gasteiger charge is 2.47. The van der Waals surface area contributed by atoms with Crippen molar-refractivity contribution in [2.45, 2.75) is 6.04 Å². The molecule has 1 aliphatic heterocycles. The van der Waals surface area contributed by atoms with Crippen LogP contribution in [0.3, 0.4) is 0 Å². The minimum Gasteiger partial charge on any atom is -0.507 e. The molecule has 4 rings (SSSR count). The maximum Gasteiger partial charge on any atom is 0.341 e. The summed E-state index contributed by atoms with van der Waals surface area (Å²) in [4.78, 5) is 38.4. The normalized spacial score (nSPS) is 16.9. The smallest absolute Gasteiger partial charge is 0.341 e. The minimum absolute atomic E-state index is 0.0863. The van der Waals surface area contributed by atoms with Gasteiger partial charge in [-0.15, -0.1) is 0 Å². The molecule has 0 unspecified atom stereocenters. The molecule has 35 heavy (non-hydrogen) atoms. The summed E-state index contributed by atoms with van der Waals surface area (Å²) in [5, 5.41) is 20.4. The van der Waals surface area contributed by atoms with Crippen LogP contribution in [0.4, 0.5) is 5.69 Å². The Labute approximate surface area is 205 Å².